The molecule has 2 aromatic rings. The highest BCUT2D eigenvalue weighted by Crippen LogP contribution is 2.24. The second kappa shape index (κ2) is 5.11. The van der Waals surface area contributed by atoms with Crippen LogP contribution in [0.15, 0.2) is 34.7 Å². The fourth-order valence-electron chi connectivity index (χ4n) is 1.47. The molecule has 98 valence electrons. The molecular formula is C12H9ClN2O4. The summed E-state index contributed by atoms with van der Waals surface area (Å²) in [5.41, 5.74) is 1.23. The predicted molar refractivity (Wildman–Crippen MR) is 69.5 cm³/mol. The lowest BCUT2D eigenvalue weighted by molar-refractivity contribution is -0.402. The molecule has 1 amide bonds. The Hall–Kier alpha value is -2.34. The zero-order valence-corrected chi connectivity index (χ0v) is 10.6. The van der Waals surface area contributed by atoms with E-state index in [0.29, 0.717) is 16.3 Å². The second-order valence-corrected chi connectivity index (χ2v) is 4.17. The maximum absolute atomic E-state index is 11.8. The number of carbonyl (C=O) groups is 1. The number of rotatable bonds is 3. The van der Waals surface area contributed by atoms with Crippen LogP contribution in [-0.4, -0.2) is 10.8 Å². The Bertz CT molecular complexity index is 651. The van der Waals surface area contributed by atoms with Gasteiger partial charge < -0.3 is 9.73 Å². The van der Waals surface area contributed by atoms with Crippen molar-refractivity contribution >= 4 is 29.1 Å². The van der Waals surface area contributed by atoms with Gasteiger partial charge in [0.05, 0.1) is 6.07 Å². The van der Waals surface area contributed by atoms with Crippen LogP contribution in [0.5, 0.6) is 0 Å². The number of nitro groups is 1. The van der Waals surface area contributed by atoms with Crippen LogP contribution >= 0.6 is 11.6 Å². The summed E-state index contributed by atoms with van der Waals surface area (Å²) in [6.07, 6.45) is 0. The van der Waals surface area contributed by atoms with Gasteiger partial charge in [-0.2, -0.15) is 0 Å². The summed E-state index contributed by atoms with van der Waals surface area (Å²) in [7, 11) is 0. The Morgan fingerprint density at radius 2 is 2.11 bits per heavy atom. The number of halogens is 1. The van der Waals surface area contributed by atoms with Gasteiger partial charge in [-0.05, 0) is 30.7 Å². The summed E-state index contributed by atoms with van der Waals surface area (Å²) in [5, 5.41) is 13.6. The summed E-state index contributed by atoms with van der Waals surface area (Å²) < 4.78 is 4.81. The quantitative estimate of drug-likeness (QED) is 0.689. The number of hydrogen-bond acceptors (Lipinski definition) is 4. The van der Waals surface area contributed by atoms with Crippen molar-refractivity contribution in [2.45, 2.75) is 6.92 Å². The number of carbonyl (C=O) groups excluding carboxylic acids is 1. The van der Waals surface area contributed by atoms with E-state index in [9.17, 15) is 14.9 Å². The van der Waals surface area contributed by atoms with Gasteiger partial charge >= 0.3 is 5.88 Å². The molecule has 1 heterocycles. The van der Waals surface area contributed by atoms with E-state index < -0.39 is 16.7 Å². The molecule has 0 radical (unpaired) electrons. The van der Waals surface area contributed by atoms with E-state index in [1.54, 1.807) is 25.1 Å². The molecule has 0 atom stereocenters. The summed E-state index contributed by atoms with van der Waals surface area (Å²) in [5.74, 6) is -1.18. The van der Waals surface area contributed by atoms with Gasteiger partial charge in [-0.3, -0.25) is 14.9 Å². The monoisotopic (exact) mass is 280 g/mol. The number of hydrogen-bond donors (Lipinski definition) is 1. The number of benzene rings is 1. The van der Waals surface area contributed by atoms with Crippen LogP contribution in [0.25, 0.3) is 0 Å². The number of amides is 1. The summed E-state index contributed by atoms with van der Waals surface area (Å²) >= 11 is 5.92. The minimum Gasteiger partial charge on any atom is -0.395 e. The average Bonchev–Trinajstić information content (AvgIpc) is 2.84. The molecule has 0 saturated carbocycles. The fourth-order valence-corrected chi connectivity index (χ4v) is 1.65. The molecular weight excluding hydrogens is 272 g/mol. The number of anilines is 1. The predicted octanol–water partition coefficient (Wildman–Crippen LogP) is 3.40. The van der Waals surface area contributed by atoms with E-state index in [-0.39, 0.29) is 5.76 Å². The van der Waals surface area contributed by atoms with E-state index in [1.807, 2.05) is 0 Å². The molecule has 0 aliphatic heterocycles. The number of nitrogens with one attached hydrogen (secondary N) is 1. The van der Waals surface area contributed by atoms with E-state index in [4.69, 9.17) is 16.0 Å². The third-order valence-electron chi connectivity index (χ3n) is 2.51. The minimum atomic E-state index is -0.707. The Kier molecular flexibility index (Phi) is 3.52. The highest BCUT2D eigenvalue weighted by molar-refractivity contribution is 6.31. The molecule has 0 spiro atoms. The molecule has 0 aliphatic rings. The van der Waals surface area contributed by atoms with Crippen LogP contribution in [0.1, 0.15) is 16.1 Å². The number of furan rings is 1. The Morgan fingerprint density at radius 3 is 2.74 bits per heavy atom. The zero-order chi connectivity index (χ0) is 14.0. The first kappa shape index (κ1) is 13.1. The molecule has 6 nitrogen and oxygen atoms in total. The first-order valence-corrected chi connectivity index (χ1v) is 5.67. The molecule has 1 aromatic carbocycles. The van der Waals surface area contributed by atoms with Crippen LogP contribution in [-0.2, 0) is 0 Å². The lowest BCUT2D eigenvalue weighted by Crippen LogP contribution is -2.11. The molecule has 2 rings (SSSR count). The zero-order valence-electron chi connectivity index (χ0n) is 9.84. The maximum Gasteiger partial charge on any atom is 0.433 e. The highest BCUT2D eigenvalue weighted by atomic mass is 35.5. The topological polar surface area (TPSA) is 85.4 Å². The lowest BCUT2D eigenvalue weighted by Gasteiger charge is -2.07. The van der Waals surface area contributed by atoms with Crippen molar-refractivity contribution in [1.82, 2.24) is 0 Å². The normalized spacial score (nSPS) is 10.2. The van der Waals surface area contributed by atoms with Crippen molar-refractivity contribution in [2.75, 3.05) is 5.32 Å². The van der Waals surface area contributed by atoms with Gasteiger partial charge in [-0.15, -0.1) is 0 Å². The SMILES string of the molecule is Cc1c(Cl)cccc1NC(=O)c1ccc([N+](=O)[O-])o1. The molecule has 0 fully saturated rings. The maximum atomic E-state index is 11.8. The second-order valence-electron chi connectivity index (χ2n) is 3.76. The van der Waals surface area contributed by atoms with E-state index in [2.05, 4.69) is 5.32 Å². The average molecular weight is 281 g/mol. The molecule has 1 N–H and O–H groups in total. The number of nitrogens with zero attached hydrogens (tertiary/aromatic N) is 1. The first-order chi connectivity index (χ1) is 8.99. The Labute approximate surface area is 113 Å². The van der Waals surface area contributed by atoms with E-state index >= 15 is 0 Å². The standard InChI is InChI=1S/C12H9ClN2O4/c1-7-8(13)3-2-4-9(7)14-12(16)10-5-6-11(19-10)15(17)18/h2-6H,1H3,(H,14,16). The minimum absolute atomic E-state index is 0.133. The van der Waals surface area contributed by atoms with Crippen molar-refractivity contribution in [2.24, 2.45) is 0 Å². The third kappa shape index (κ3) is 2.74. The fraction of sp³-hybridized carbons (Fsp3) is 0.0833. The van der Waals surface area contributed by atoms with Gasteiger partial charge in [0.1, 0.15) is 4.92 Å². The van der Waals surface area contributed by atoms with Crippen LogP contribution in [0.2, 0.25) is 5.02 Å². The van der Waals surface area contributed by atoms with Crippen LogP contribution < -0.4 is 5.32 Å². The molecule has 0 aliphatic carbocycles. The van der Waals surface area contributed by atoms with Crippen molar-refractivity contribution in [3.05, 3.63) is 56.8 Å². The van der Waals surface area contributed by atoms with Crippen molar-refractivity contribution in [3.8, 4) is 0 Å². The van der Waals surface area contributed by atoms with Gasteiger partial charge in [0.25, 0.3) is 5.91 Å². The van der Waals surface area contributed by atoms with Gasteiger partial charge in [0, 0.05) is 10.7 Å². The first-order valence-electron chi connectivity index (χ1n) is 5.29. The van der Waals surface area contributed by atoms with E-state index in [0.717, 1.165) is 6.07 Å². The summed E-state index contributed by atoms with van der Waals surface area (Å²) in [6, 6.07) is 7.43. The molecule has 7 heteroatoms. The molecule has 0 saturated heterocycles. The summed E-state index contributed by atoms with van der Waals surface area (Å²) in [6.45, 7) is 1.75. The smallest absolute Gasteiger partial charge is 0.395 e. The highest BCUT2D eigenvalue weighted by Gasteiger charge is 2.18. The van der Waals surface area contributed by atoms with Crippen LogP contribution in [0, 0.1) is 17.0 Å². The van der Waals surface area contributed by atoms with E-state index in [1.165, 1.54) is 6.07 Å². The Balaban J connectivity index is 2.21. The molecule has 0 bridgehead atoms. The van der Waals surface area contributed by atoms with Gasteiger partial charge in [0.15, 0.2) is 5.76 Å². The van der Waals surface area contributed by atoms with Crippen molar-refractivity contribution in [1.29, 1.82) is 0 Å². The van der Waals surface area contributed by atoms with Crippen molar-refractivity contribution < 1.29 is 14.1 Å². The lowest BCUT2D eigenvalue weighted by atomic mass is 10.2. The van der Waals surface area contributed by atoms with Gasteiger partial charge in [-0.1, -0.05) is 17.7 Å². The Morgan fingerprint density at radius 1 is 1.37 bits per heavy atom. The third-order valence-corrected chi connectivity index (χ3v) is 2.92. The summed E-state index contributed by atoms with van der Waals surface area (Å²) in [4.78, 5) is 21.6. The molecule has 1 aromatic heterocycles. The molecule has 19 heavy (non-hydrogen) atoms. The van der Waals surface area contributed by atoms with Gasteiger partial charge in [-0.25, -0.2) is 0 Å². The van der Waals surface area contributed by atoms with Crippen LogP contribution in [0.3, 0.4) is 0 Å². The van der Waals surface area contributed by atoms with Crippen LogP contribution in [0.4, 0.5) is 11.6 Å². The largest absolute Gasteiger partial charge is 0.433 e. The molecule has 0 unspecified atom stereocenters. The van der Waals surface area contributed by atoms with Crippen molar-refractivity contribution in [3.63, 3.8) is 0 Å². The van der Waals surface area contributed by atoms with Gasteiger partial charge in [0.2, 0.25) is 0 Å².